The number of anilines is 2. The molecule has 0 bridgehead atoms. The molecule has 0 aliphatic carbocycles. The lowest BCUT2D eigenvalue weighted by Crippen LogP contribution is -2.08. The summed E-state index contributed by atoms with van der Waals surface area (Å²) in [6.45, 7) is 7.03. The quantitative estimate of drug-likeness (QED) is 0.776. The van der Waals surface area contributed by atoms with Gasteiger partial charge in [-0.2, -0.15) is 10.1 Å². The van der Waals surface area contributed by atoms with Gasteiger partial charge in [-0.25, -0.2) is 0 Å². The second-order valence-electron chi connectivity index (χ2n) is 4.18. The van der Waals surface area contributed by atoms with E-state index in [0.29, 0.717) is 24.9 Å². The second-order valence-corrected chi connectivity index (χ2v) is 4.18. The molecule has 0 saturated carbocycles. The molecule has 1 aromatic carbocycles. The highest BCUT2D eigenvalue weighted by atomic mass is 15.3. The van der Waals surface area contributed by atoms with Gasteiger partial charge >= 0.3 is 0 Å². The first kappa shape index (κ1) is 13.0. The zero-order valence-electron chi connectivity index (χ0n) is 10.9. The molecule has 2 rings (SSSR count). The normalized spacial score (nSPS) is 9.95. The van der Waals surface area contributed by atoms with Gasteiger partial charge in [-0.05, 0) is 12.5 Å². The Kier molecular flexibility index (Phi) is 4.44. The molecule has 98 valence electrons. The summed E-state index contributed by atoms with van der Waals surface area (Å²) in [4.78, 5) is 4.30. The molecule has 0 aliphatic heterocycles. The van der Waals surface area contributed by atoms with Crippen LogP contribution in [0.25, 0.3) is 0 Å². The largest absolute Gasteiger partial charge is 0.365 e. The van der Waals surface area contributed by atoms with Crippen molar-refractivity contribution < 1.29 is 0 Å². The third kappa shape index (κ3) is 4.06. The summed E-state index contributed by atoms with van der Waals surface area (Å²) < 4.78 is 0. The van der Waals surface area contributed by atoms with Crippen molar-refractivity contribution in [2.24, 2.45) is 0 Å². The topological polar surface area (TPSA) is 62.7 Å². The fraction of sp³-hybridized carbons (Fsp3) is 0.214. The van der Waals surface area contributed by atoms with Gasteiger partial charge in [-0.3, -0.25) is 0 Å². The van der Waals surface area contributed by atoms with Crippen molar-refractivity contribution in [2.45, 2.75) is 13.5 Å². The van der Waals surface area contributed by atoms with Crippen LogP contribution in [-0.4, -0.2) is 21.7 Å². The highest BCUT2D eigenvalue weighted by Gasteiger charge is 2.00. The predicted molar refractivity (Wildman–Crippen MR) is 77.0 cm³/mol. The number of aromatic nitrogens is 3. The summed E-state index contributed by atoms with van der Waals surface area (Å²) in [5.74, 6) is 1.19. The van der Waals surface area contributed by atoms with Crippen LogP contribution in [-0.2, 0) is 6.54 Å². The van der Waals surface area contributed by atoms with Crippen LogP contribution >= 0.6 is 0 Å². The predicted octanol–water partition coefficient (Wildman–Crippen LogP) is 2.39. The van der Waals surface area contributed by atoms with Crippen molar-refractivity contribution in [1.29, 1.82) is 0 Å². The van der Waals surface area contributed by atoms with Crippen LogP contribution in [0.4, 0.5) is 11.8 Å². The van der Waals surface area contributed by atoms with Crippen molar-refractivity contribution in [2.75, 3.05) is 17.2 Å². The molecule has 0 spiro atoms. The van der Waals surface area contributed by atoms with Crippen molar-refractivity contribution in [3.8, 4) is 0 Å². The molecule has 0 unspecified atom stereocenters. The lowest BCUT2D eigenvalue weighted by atomic mass is 10.1. The Labute approximate surface area is 112 Å². The number of benzene rings is 1. The Balaban J connectivity index is 1.97. The molecule has 2 N–H and O–H groups in total. The van der Waals surface area contributed by atoms with E-state index in [2.05, 4.69) is 57.5 Å². The fourth-order valence-corrected chi connectivity index (χ4v) is 1.64. The molecule has 0 fully saturated rings. The molecule has 19 heavy (non-hydrogen) atoms. The minimum atomic E-state index is 0.510. The molecule has 5 heteroatoms. The maximum Gasteiger partial charge on any atom is 0.244 e. The van der Waals surface area contributed by atoms with E-state index in [0.717, 1.165) is 0 Å². The molecule has 0 atom stereocenters. The van der Waals surface area contributed by atoms with Crippen LogP contribution in [0.15, 0.2) is 43.1 Å². The van der Waals surface area contributed by atoms with Gasteiger partial charge in [0.05, 0.1) is 6.20 Å². The van der Waals surface area contributed by atoms with E-state index in [9.17, 15) is 0 Å². The Hall–Kier alpha value is -2.43. The van der Waals surface area contributed by atoms with E-state index in [-0.39, 0.29) is 0 Å². The van der Waals surface area contributed by atoms with E-state index in [1.165, 1.54) is 11.1 Å². The molecule has 1 heterocycles. The summed E-state index contributed by atoms with van der Waals surface area (Å²) in [5.41, 5.74) is 2.42. The first-order chi connectivity index (χ1) is 9.28. The zero-order valence-corrected chi connectivity index (χ0v) is 10.9. The lowest BCUT2D eigenvalue weighted by molar-refractivity contribution is 0.943. The number of nitrogens with one attached hydrogen (secondary N) is 2. The number of hydrogen-bond acceptors (Lipinski definition) is 5. The highest BCUT2D eigenvalue weighted by molar-refractivity contribution is 5.38. The molecule has 0 amide bonds. The first-order valence-corrected chi connectivity index (χ1v) is 6.12. The maximum atomic E-state index is 4.30. The van der Waals surface area contributed by atoms with E-state index in [4.69, 9.17) is 0 Å². The lowest BCUT2D eigenvalue weighted by Gasteiger charge is -2.07. The molecule has 5 nitrogen and oxygen atoms in total. The number of hydrogen-bond donors (Lipinski definition) is 2. The molecule has 2 aromatic rings. The Morgan fingerprint density at radius 3 is 3.00 bits per heavy atom. The monoisotopic (exact) mass is 255 g/mol. The third-order valence-corrected chi connectivity index (χ3v) is 2.52. The Morgan fingerprint density at radius 1 is 1.32 bits per heavy atom. The summed E-state index contributed by atoms with van der Waals surface area (Å²) in [5, 5.41) is 14.1. The average molecular weight is 255 g/mol. The van der Waals surface area contributed by atoms with Crippen molar-refractivity contribution in [1.82, 2.24) is 15.2 Å². The molecule has 0 radical (unpaired) electrons. The zero-order chi connectivity index (χ0) is 13.5. The van der Waals surface area contributed by atoms with Gasteiger partial charge in [-0.15, -0.1) is 11.7 Å². The molecular weight excluding hydrogens is 238 g/mol. The van der Waals surface area contributed by atoms with Gasteiger partial charge in [-0.1, -0.05) is 35.9 Å². The average Bonchev–Trinajstić information content (AvgIpc) is 2.43. The smallest absolute Gasteiger partial charge is 0.244 e. The van der Waals surface area contributed by atoms with Gasteiger partial charge in [0.25, 0.3) is 0 Å². The Bertz CT molecular complexity index is 553. The van der Waals surface area contributed by atoms with Crippen LogP contribution in [0.2, 0.25) is 0 Å². The van der Waals surface area contributed by atoms with Crippen LogP contribution < -0.4 is 10.6 Å². The van der Waals surface area contributed by atoms with Crippen LogP contribution in [0.5, 0.6) is 0 Å². The number of rotatable bonds is 6. The minimum absolute atomic E-state index is 0.510. The van der Waals surface area contributed by atoms with Crippen LogP contribution in [0.3, 0.4) is 0 Å². The van der Waals surface area contributed by atoms with Crippen molar-refractivity contribution in [3.63, 3.8) is 0 Å². The summed E-state index contributed by atoms with van der Waals surface area (Å²) in [6, 6.07) is 8.29. The van der Waals surface area contributed by atoms with Gasteiger partial charge < -0.3 is 10.6 Å². The molecule has 0 saturated heterocycles. The summed E-state index contributed by atoms with van der Waals surface area (Å²) in [7, 11) is 0. The van der Waals surface area contributed by atoms with E-state index < -0.39 is 0 Å². The summed E-state index contributed by atoms with van der Waals surface area (Å²) >= 11 is 0. The van der Waals surface area contributed by atoms with Gasteiger partial charge in [0.1, 0.15) is 0 Å². The van der Waals surface area contributed by atoms with Gasteiger partial charge in [0.2, 0.25) is 5.95 Å². The SMILES string of the molecule is C=CCNc1cnnc(NCc2cccc(C)c2)n1. The minimum Gasteiger partial charge on any atom is -0.365 e. The molecule has 0 aliphatic rings. The van der Waals surface area contributed by atoms with E-state index >= 15 is 0 Å². The van der Waals surface area contributed by atoms with Gasteiger partial charge in [0.15, 0.2) is 5.82 Å². The fourth-order valence-electron chi connectivity index (χ4n) is 1.64. The summed E-state index contributed by atoms with van der Waals surface area (Å²) in [6.07, 6.45) is 3.35. The molecule has 1 aromatic heterocycles. The number of nitrogens with zero attached hydrogens (tertiary/aromatic N) is 3. The van der Waals surface area contributed by atoms with E-state index in [1.54, 1.807) is 12.3 Å². The second kappa shape index (κ2) is 6.49. The van der Waals surface area contributed by atoms with Crippen LogP contribution in [0, 0.1) is 6.92 Å². The first-order valence-electron chi connectivity index (χ1n) is 6.12. The van der Waals surface area contributed by atoms with E-state index in [1.807, 2.05) is 6.07 Å². The van der Waals surface area contributed by atoms with Gasteiger partial charge in [0, 0.05) is 13.1 Å². The maximum absolute atomic E-state index is 4.30. The van der Waals surface area contributed by atoms with Crippen LogP contribution in [0.1, 0.15) is 11.1 Å². The number of aryl methyl sites for hydroxylation is 1. The molecular formula is C14H17N5. The Morgan fingerprint density at radius 2 is 2.21 bits per heavy atom. The van der Waals surface area contributed by atoms with Crippen molar-refractivity contribution in [3.05, 3.63) is 54.2 Å². The highest BCUT2D eigenvalue weighted by Crippen LogP contribution is 2.07. The third-order valence-electron chi connectivity index (χ3n) is 2.52. The standard InChI is InChI=1S/C14H17N5/c1-3-7-15-13-10-17-19-14(18-13)16-9-12-6-4-5-11(2)8-12/h3-6,8,10H,1,7,9H2,2H3,(H2,15,16,18,19). The van der Waals surface area contributed by atoms with Crippen molar-refractivity contribution >= 4 is 11.8 Å².